The van der Waals surface area contributed by atoms with E-state index in [-0.39, 0.29) is 24.2 Å². The molecule has 0 saturated carbocycles. The van der Waals surface area contributed by atoms with E-state index < -0.39 is 16.6 Å². The van der Waals surface area contributed by atoms with Crippen molar-refractivity contribution < 1.29 is 14.8 Å². The molecule has 1 heterocycles. The number of fused-ring (bicyclic) bond motifs is 1. The molecule has 1 atom stereocenters. The van der Waals surface area contributed by atoms with Gasteiger partial charge in [0.15, 0.2) is 0 Å². The molecule has 0 aliphatic rings. The number of non-ortho nitro benzene ring substituents is 1. The maximum Gasteiger partial charge on any atom is 0.270 e. The van der Waals surface area contributed by atoms with Crippen molar-refractivity contribution in [2.75, 3.05) is 6.61 Å². The Labute approximate surface area is 142 Å². The molecule has 25 heavy (non-hydrogen) atoms. The Morgan fingerprint density at radius 3 is 2.72 bits per heavy atom. The topological polar surface area (TPSA) is 107 Å². The van der Waals surface area contributed by atoms with Crippen LogP contribution in [-0.4, -0.2) is 32.3 Å². The number of hydrogen-bond acceptors (Lipinski definition) is 6. The third-order valence-corrected chi connectivity index (χ3v) is 3.61. The van der Waals surface area contributed by atoms with Crippen LogP contribution in [0.5, 0.6) is 5.75 Å². The molecule has 8 nitrogen and oxygen atoms in total. The van der Waals surface area contributed by atoms with Gasteiger partial charge in [-0.3, -0.25) is 19.5 Å². The zero-order valence-corrected chi connectivity index (χ0v) is 13.1. The molecule has 0 aliphatic carbocycles. The molecule has 8 heteroatoms. The van der Waals surface area contributed by atoms with Crippen molar-refractivity contribution >= 4 is 16.6 Å². The van der Waals surface area contributed by atoms with E-state index in [1.807, 2.05) is 18.2 Å². The summed E-state index contributed by atoms with van der Waals surface area (Å²) in [7, 11) is 0. The van der Waals surface area contributed by atoms with Crippen LogP contribution in [0, 0.1) is 10.1 Å². The molecule has 0 radical (unpaired) electrons. The van der Waals surface area contributed by atoms with E-state index in [2.05, 4.69) is 4.98 Å². The Kier molecular flexibility index (Phi) is 4.71. The van der Waals surface area contributed by atoms with Crippen molar-refractivity contribution in [2.24, 2.45) is 0 Å². The molecule has 1 aromatic heterocycles. The summed E-state index contributed by atoms with van der Waals surface area (Å²) >= 11 is 0. The normalized spacial score (nSPS) is 12.0. The number of aliphatic hydroxyl groups is 1. The molecule has 3 rings (SSSR count). The van der Waals surface area contributed by atoms with E-state index in [1.165, 1.54) is 29.1 Å². The molecule has 0 unspecified atom stereocenters. The highest BCUT2D eigenvalue weighted by Crippen LogP contribution is 2.16. The molecule has 128 valence electrons. The van der Waals surface area contributed by atoms with Crippen LogP contribution in [0.15, 0.2) is 59.7 Å². The number of nitrogens with zero attached hydrogens (tertiary/aromatic N) is 3. The van der Waals surface area contributed by atoms with Gasteiger partial charge in [-0.25, -0.2) is 4.98 Å². The predicted molar refractivity (Wildman–Crippen MR) is 90.6 cm³/mol. The quantitative estimate of drug-likeness (QED) is 0.540. The molecule has 1 N–H and O–H groups in total. The zero-order chi connectivity index (χ0) is 17.8. The molecule has 0 aliphatic heterocycles. The molecule has 0 bridgehead atoms. The Balaban J connectivity index is 1.77. The summed E-state index contributed by atoms with van der Waals surface area (Å²) in [6.07, 6.45) is 0.373. The molecular formula is C17H15N3O5. The Morgan fingerprint density at radius 2 is 2.00 bits per heavy atom. The van der Waals surface area contributed by atoms with Gasteiger partial charge in [0.25, 0.3) is 11.2 Å². The fraction of sp³-hybridized carbons (Fsp3) is 0.176. The number of nitro groups is 1. The van der Waals surface area contributed by atoms with Gasteiger partial charge in [-0.15, -0.1) is 0 Å². The first kappa shape index (κ1) is 16.6. The summed E-state index contributed by atoms with van der Waals surface area (Å²) in [4.78, 5) is 26.9. The number of hydrogen-bond donors (Lipinski definition) is 1. The smallest absolute Gasteiger partial charge is 0.270 e. The lowest BCUT2D eigenvalue weighted by atomic mass is 10.2. The average molecular weight is 341 g/mol. The minimum absolute atomic E-state index is 0.00340. The summed E-state index contributed by atoms with van der Waals surface area (Å²) in [5, 5.41) is 21.1. The first-order chi connectivity index (χ1) is 12.0. The van der Waals surface area contributed by atoms with Crippen molar-refractivity contribution in [1.82, 2.24) is 9.55 Å². The third kappa shape index (κ3) is 3.81. The molecule has 0 fully saturated rings. The lowest BCUT2D eigenvalue weighted by molar-refractivity contribution is -0.384. The van der Waals surface area contributed by atoms with Crippen LogP contribution in [0.1, 0.15) is 0 Å². The minimum Gasteiger partial charge on any atom is -0.491 e. The van der Waals surface area contributed by atoms with Crippen molar-refractivity contribution in [3.63, 3.8) is 0 Å². The van der Waals surface area contributed by atoms with Crippen molar-refractivity contribution in [1.29, 1.82) is 0 Å². The first-order valence-electron chi connectivity index (χ1n) is 7.54. The first-order valence-corrected chi connectivity index (χ1v) is 7.54. The van der Waals surface area contributed by atoms with E-state index in [9.17, 15) is 20.0 Å². The lowest BCUT2D eigenvalue weighted by Gasteiger charge is -2.14. The summed E-state index contributed by atoms with van der Waals surface area (Å²) < 4.78 is 6.66. The average Bonchev–Trinajstić information content (AvgIpc) is 2.63. The molecule has 0 saturated heterocycles. The van der Waals surface area contributed by atoms with Gasteiger partial charge < -0.3 is 9.84 Å². The Morgan fingerprint density at radius 1 is 1.24 bits per heavy atom. The number of aromatic nitrogens is 2. The maximum absolute atomic E-state index is 12.5. The summed E-state index contributed by atoms with van der Waals surface area (Å²) in [5.41, 5.74) is -0.272. The SMILES string of the molecule is O=c1c2cc([N+](=O)[O-])ccc2ncn1C[C@H](O)COc1ccccc1. The van der Waals surface area contributed by atoms with Gasteiger partial charge in [-0.2, -0.15) is 0 Å². The standard InChI is InChI=1S/C17H15N3O5/c21-13(10-25-14-4-2-1-3-5-14)9-19-11-18-16-7-6-12(20(23)24)8-15(16)17(19)22/h1-8,11,13,21H,9-10H2/t13-/m0/s1. The van der Waals surface area contributed by atoms with Crippen LogP contribution >= 0.6 is 0 Å². The summed E-state index contributed by atoms with van der Waals surface area (Å²) in [6, 6.07) is 12.9. The minimum atomic E-state index is -0.934. The fourth-order valence-electron chi connectivity index (χ4n) is 2.38. The number of benzene rings is 2. The second kappa shape index (κ2) is 7.10. The van der Waals surface area contributed by atoms with Gasteiger partial charge in [-0.1, -0.05) is 18.2 Å². The molecule has 0 amide bonds. The number of rotatable bonds is 6. The van der Waals surface area contributed by atoms with Gasteiger partial charge in [0, 0.05) is 12.1 Å². The van der Waals surface area contributed by atoms with E-state index in [0.29, 0.717) is 11.3 Å². The van der Waals surface area contributed by atoms with Gasteiger partial charge in [0.05, 0.1) is 28.7 Å². The van der Waals surface area contributed by atoms with Crippen molar-refractivity contribution in [3.05, 3.63) is 75.3 Å². The number of para-hydroxylation sites is 1. The second-order valence-electron chi connectivity index (χ2n) is 5.44. The van der Waals surface area contributed by atoms with Crippen LogP contribution in [0.3, 0.4) is 0 Å². The van der Waals surface area contributed by atoms with Crippen LogP contribution in [0.25, 0.3) is 10.9 Å². The van der Waals surface area contributed by atoms with E-state index >= 15 is 0 Å². The number of aliphatic hydroxyl groups excluding tert-OH is 1. The van der Waals surface area contributed by atoms with Crippen molar-refractivity contribution in [2.45, 2.75) is 12.6 Å². The lowest BCUT2D eigenvalue weighted by Crippen LogP contribution is -2.30. The van der Waals surface area contributed by atoms with Crippen LogP contribution < -0.4 is 10.3 Å². The Hall–Kier alpha value is -3.26. The monoisotopic (exact) mass is 341 g/mol. The highest BCUT2D eigenvalue weighted by Gasteiger charge is 2.13. The third-order valence-electron chi connectivity index (χ3n) is 3.61. The van der Waals surface area contributed by atoms with E-state index in [1.54, 1.807) is 12.1 Å². The van der Waals surface area contributed by atoms with Crippen LogP contribution in [0.2, 0.25) is 0 Å². The molecule has 3 aromatic rings. The molecule has 2 aromatic carbocycles. The van der Waals surface area contributed by atoms with Crippen LogP contribution in [0.4, 0.5) is 5.69 Å². The number of nitro benzene ring substituents is 1. The van der Waals surface area contributed by atoms with E-state index in [0.717, 1.165) is 0 Å². The van der Waals surface area contributed by atoms with Gasteiger partial charge >= 0.3 is 0 Å². The van der Waals surface area contributed by atoms with Gasteiger partial charge in [-0.05, 0) is 18.2 Å². The van der Waals surface area contributed by atoms with Gasteiger partial charge in [0.1, 0.15) is 18.5 Å². The highest BCUT2D eigenvalue weighted by atomic mass is 16.6. The predicted octanol–water partition coefficient (Wildman–Crippen LogP) is 1.74. The zero-order valence-electron chi connectivity index (χ0n) is 13.1. The summed E-state index contributed by atoms with van der Waals surface area (Å²) in [6.45, 7) is -0.0271. The highest BCUT2D eigenvalue weighted by molar-refractivity contribution is 5.79. The largest absolute Gasteiger partial charge is 0.491 e. The Bertz CT molecular complexity index is 955. The van der Waals surface area contributed by atoms with Gasteiger partial charge in [0.2, 0.25) is 0 Å². The second-order valence-corrected chi connectivity index (χ2v) is 5.44. The summed E-state index contributed by atoms with van der Waals surface area (Å²) in [5.74, 6) is 0.612. The molecular weight excluding hydrogens is 326 g/mol. The number of ether oxygens (including phenoxy) is 1. The fourth-order valence-corrected chi connectivity index (χ4v) is 2.38. The molecule has 0 spiro atoms. The maximum atomic E-state index is 12.5. The van der Waals surface area contributed by atoms with E-state index in [4.69, 9.17) is 4.74 Å². The van der Waals surface area contributed by atoms with Crippen molar-refractivity contribution in [3.8, 4) is 5.75 Å². The van der Waals surface area contributed by atoms with Crippen LogP contribution in [-0.2, 0) is 6.54 Å².